The lowest BCUT2D eigenvalue weighted by atomic mass is 9.86. The van der Waals surface area contributed by atoms with E-state index in [1.165, 1.54) is 11.5 Å². The third kappa shape index (κ3) is 4.95. The normalized spacial score (nSPS) is 23.3. The number of ether oxygens (including phenoxy) is 1. The van der Waals surface area contributed by atoms with Crippen LogP contribution in [0.15, 0.2) is 29.6 Å². The van der Waals surface area contributed by atoms with Gasteiger partial charge in [0.1, 0.15) is 11.4 Å². The van der Waals surface area contributed by atoms with Crippen molar-refractivity contribution < 1.29 is 9.53 Å². The van der Waals surface area contributed by atoms with E-state index in [-0.39, 0.29) is 12.0 Å². The molecule has 29 heavy (non-hydrogen) atoms. The van der Waals surface area contributed by atoms with Gasteiger partial charge in [-0.3, -0.25) is 9.69 Å². The van der Waals surface area contributed by atoms with Crippen molar-refractivity contribution in [3.05, 3.63) is 29.6 Å². The molecule has 0 unspecified atom stereocenters. The monoisotopic (exact) mass is 414 g/mol. The van der Waals surface area contributed by atoms with Crippen molar-refractivity contribution in [3.63, 3.8) is 0 Å². The van der Waals surface area contributed by atoms with Gasteiger partial charge in [-0.25, -0.2) is 0 Å². The van der Waals surface area contributed by atoms with Gasteiger partial charge in [0.15, 0.2) is 0 Å². The fourth-order valence-corrected chi connectivity index (χ4v) is 4.80. The molecule has 2 fully saturated rings. The highest BCUT2D eigenvalue weighted by Gasteiger charge is 2.32. The van der Waals surface area contributed by atoms with Crippen molar-refractivity contribution in [2.75, 3.05) is 26.2 Å². The summed E-state index contributed by atoms with van der Waals surface area (Å²) < 4.78 is 10.1. The average Bonchev–Trinajstić information content (AvgIpc) is 3.29. The Hall–Kier alpha value is -1.99. The Labute approximate surface area is 177 Å². The summed E-state index contributed by atoms with van der Waals surface area (Å²) >= 11 is 1.36. The lowest BCUT2D eigenvalue weighted by Crippen LogP contribution is -2.52. The lowest BCUT2D eigenvalue weighted by molar-refractivity contribution is -0.139. The Morgan fingerprint density at radius 1 is 1.07 bits per heavy atom. The van der Waals surface area contributed by atoms with Gasteiger partial charge in [0.25, 0.3) is 0 Å². The number of aromatic nitrogens is 2. The Morgan fingerprint density at radius 3 is 2.34 bits per heavy atom. The molecule has 2 aliphatic rings. The molecule has 0 N–H and O–H groups in total. The van der Waals surface area contributed by atoms with E-state index in [9.17, 15) is 4.79 Å². The number of carbonyl (C=O) groups excluding carboxylic acids is 1. The molecule has 2 aromatic rings. The third-order valence-electron chi connectivity index (χ3n) is 6.19. The summed E-state index contributed by atoms with van der Waals surface area (Å²) in [6.07, 6.45) is 3.94. The highest BCUT2D eigenvalue weighted by molar-refractivity contribution is 7.03. The Balaban J connectivity index is 1.24. The zero-order valence-electron chi connectivity index (χ0n) is 17.3. The van der Waals surface area contributed by atoms with Gasteiger partial charge in [0.2, 0.25) is 5.91 Å². The number of carbonyl (C=O) groups is 1. The summed E-state index contributed by atoms with van der Waals surface area (Å²) in [6, 6.07) is 8.61. The Morgan fingerprint density at radius 2 is 1.76 bits per heavy atom. The van der Waals surface area contributed by atoms with Gasteiger partial charge in [-0.15, -0.1) is 5.10 Å². The molecule has 0 radical (unpaired) electrons. The largest absolute Gasteiger partial charge is 0.490 e. The Kier molecular flexibility index (Phi) is 6.45. The van der Waals surface area contributed by atoms with Gasteiger partial charge in [-0.2, -0.15) is 0 Å². The Bertz CT molecular complexity index is 778. The fourth-order valence-electron chi connectivity index (χ4n) is 4.33. The summed E-state index contributed by atoms with van der Waals surface area (Å²) in [5.41, 5.74) is 1.95. The molecule has 2 heterocycles. The smallest absolute Gasteiger partial charge is 0.225 e. The number of benzene rings is 1. The van der Waals surface area contributed by atoms with Crippen molar-refractivity contribution in [1.82, 2.24) is 19.4 Å². The number of piperazine rings is 1. The molecule has 1 aromatic heterocycles. The zero-order valence-corrected chi connectivity index (χ0v) is 18.1. The summed E-state index contributed by atoms with van der Waals surface area (Å²) in [4.78, 5) is 17.4. The molecule has 4 rings (SSSR count). The standard InChI is InChI=1S/C22H30N4O2S/c1-16(2)25-11-13-26(14-12-25)22(27)18-5-9-20(10-6-18)28-19-7-3-17(4-8-19)21-15-29-24-23-21/h3-4,7-8,15-16,18,20H,5-6,9-14H2,1-2H3. The van der Waals surface area contributed by atoms with Gasteiger partial charge in [0, 0.05) is 49.1 Å². The van der Waals surface area contributed by atoms with E-state index in [2.05, 4.69) is 33.2 Å². The van der Waals surface area contributed by atoms with Gasteiger partial charge in [-0.05, 0) is 75.3 Å². The highest BCUT2D eigenvalue weighted by atomic mass is 32.1. The minimum atomic E-state index is 0.167. The van der Waals surface area contributed by atoms with Crippen molar-refractivity contribution >= 4 is 17.4 Å². The van der Waals surface area contributed by atoms with E-state index in [1.54, 1.807) is 0 Å². The zero-order chi connectivity index (χ0) is 20.2. The molecule has 1 aromatic carbocycles. The van der Waals surface area contributed by atoms with E-state index in [0.717, 1.165) is 68.9 Å². The summed E-state index contributed by atoms with van der Waals surface area (Å²) in [6.45, 7) is 8.18. The van der Waals surface area contributed by atoms with Crippen LogP contribution in [0.2, 0.25) is 0 Å². The van der Waals surface area contributed by atoms with Gasteiger partial charge >= 0.3 is 0 Å². The molecule has 1 saturated heterocycles. The summed E-state index contributed by atoms with van der Waals surface area (Å²) in [5.74, 6) is 1.41. The highest BCUT2D eigenvalue weighted by Crippen LogP contribution is 2.30. The third-order valence-corrected chi connectivity index (χ3v) is 6.70. The van der Waals surface area contributed by atoms with Crippen molar-refractivity contribution in [3.8, 4) is 17.0 Å². The van der Waals surface area contributed by atoms with Crippen LogP contribution in [0.5, 0.6) is 5.75 Å². The van der Waals surface area contributed by atoms with Crippen LogP contribution >= 0.6 is 11.5 Å². The van der Waals surface area contributed by atoms with E-state index in [4.69, 9.17) is 4.74 Å². The predicted molar refractivity (Wildman–Crippen MR) is 115 cm³/mol. The molecule has 0 atom stereocenters. The van der Waals surface area contributed by atoms with Crippen LogP contribution in [0.25, 0.3) is 11.3 Å². The van der Waals surface area contributed by atoms with Crippen LogP contribution in [0.3, 0.4) is 0 Å². The maximum atomic E-state index is 12.9. The fraction of sp³-hybridized carbons (Fsp3) is 0.591. The number of hydrogen-bond donors (Lipinski definition) is 0. The van der Waals surface area contributed by atoms with Crippen LogP contribution in [0, 0.1) is 5.92 Å². The average molecular weight is 415 g/mol. The molecule has 1 saturated carbocycles. The minimum Gasteiger partial charge on any atom is -0.490 e. The topological polar surface area (TPSA) is 58.6 Å². The van der Waals surface area contributed by atoms with E-state index < -0.39 is 0 Å². The van der Waals surface area contributed by atoms with Crippen LogP contribution in [0.4, 0.5) is 0 Å². The molecule has 1 aliphatic carbocycles. The number of hydrogen-bond acceptors (Lipinski definition) is 6. The molecular formula is C22H30N4O2S. The first-order valence-electron chi connectivity index (χ1n) is 10.7. The second-order valence-corrected chi connectivity index (χ2v) is 8.97. The second-order valence-electron chi connectivity index (χ2n) is 8.36. The first kappa shape index (κ1) is 20.3. The van der Waals surface area contributed by atoms with Gasteiger partial charge < -0.3 is 9.64 Å². The predicted octanol–water partition coefficient (Wildman–Crippen LogP) is 3.70. The van der Waals surface area contributed by atoms with Crippen molar-refractivity contribution in [1.29, 1.82) is 0 Å². The molecule has 1 amide bonds. The lowest BCUT2D eigenvalue weighted by Gasteiger charge is -2.39. The maximum absolute atomic E-state index is 12.9. The molecule has 7 heteroatoms. The molecule has 156 valence electrons. The first-order valence-corrected chi connectivity index (χ1v) is 11.5. The summed E-state index contributed by atoms with van der Waals surface area (Å²) in [5, 5.41) is 6.04. The van der Waals surface area contributed by atoms with Crippen LogP contribution < -0.4 is 4.74 Å². The van der Waals surface area contributed by atoms with E-state index in [1.807, 2.05) is 29.6 Å². The van der Waals surface area contributed by atoms with E-state index in [0.29, 0.717) is 11.9 Å². The quantitative estimate of drug-likeness (QED) is 0.747. The second kappa shape index (κ2) is 9.22. The molecule has 0 bridgehead atoms. The van der Waals surface area contributed by atoms with E-state index >= 15 is 0 Å². The van der Waals surface area contributed by atoms with Gasteiger partial charge in [0.05, 0.1) is 6.10 Å². The molecule has 1 aliphatic heterocycles. The van der Waals surface area contributed by atoms with Crippen molar-refractivity contribution in [2.24, 2.45) is 5.92 Å². The number of nitrogens with zero attached hydrogens (tertiary/aromatic N) is 4. The molecule has 0 spiro atoms. The summed E-state index contributed by atoms with van der Waals surface area (Å²) in [7, 11) is 0. The molecular weight excluding hydrogens is 384 g/mol. The first-order chi connectivity index (χ1) is 14.1. The van der Waals surface area contributed by atoms with Crippen molar-refractivity contribution in [2.45, 2.75) is 51.7 Å². The van der Waals surface area contributed by atoms with Crippen LogP contribution in [-0.4, -0.2) is 63.6 Å². The maximum Gasteiger partial charge on any atom is 0.225 e. The SMILES string of the molecule is CC(C)N1CCN(C(=O)C2CCC(Oc3ccc(-c4csnn4)cc3)CC2)CC1. The number of rotatable bonds is 5. The molecule has 6 nitrogen and oxygen atoms in total. The van der Waals surface area contributed by atoms with Gasteiger partial charge in [-0.1, -0.05) is 4.49 Å². The van der Waals surface area contributed by atoms with Crippen LogP contribution in [0.1, 0.15) is 39.5 Å². The number of amides is 1. The van der Waals surface area contributed by atoms with Crippen LogP contribution in [-0.2, 0) is 4.79 Å². The minimum absolute atomic E-state index is 0.167.